The molecule has 0 aromatic heterocycles. The molecule has 2 aromatic carbocycles. The Balaban J connectivity index is 1.81. The number of hydrogen-bond acceptors (Lipinski definition) is 3. The highest BCUT2D eigenvalue weighted by Crippen LogP contribution is 2.34. The first-order chi connectivity index (χ1) is 13.3. The first kappa shape index (κ1) is 20.2. The van der Waals surface area contributed by atoms with Gasteiger partial charge in [-0.3, -0.25) is 9.59 Å². The van der Waals surface area contributed by atoms with Crippen LogP contribution >= 0.6 is 11.6 Å². The van der Waals surface area contributed by atoms with Gasteiger partial charge in [0.05, 0.1) is 22.9 Å². The molecule has 0 aliphatic carbocycles. The largest absolute Gasteiger partial charge is 0.416 e. The van der Waals surface area contributed by atoms with E-state index in [4.69, 9.17) is 16.3 Å². The molecule has 1 fully saturated rings. The molecule has 1 unspecified atom stereocenters. The Morgan fingerprint density at radius 2 is 1.93 bits per heavy atom. The van der Waals surface area contributed by atoms with Crippen LogP contribution in [-0.4, -0.2) is 36.0 Å². The third kappa shape index (κ3) is 4.63. The molecule has 0 radical (unpaired) electrons. The molecule has 1 heterocycles. The summed E-state index contributed by atoms with van der Waals surface area (Å²) < 4.78 is 43.9. The first-order valence-electron chi connectivity index (χ1n) is 8.34. The number of ether oxygens (including phenoxy) is 1. The summed E-state index contributed by atoms with van der Waals surface area (Å²) in [5.41, 5.74) is -0.309. The molecule has 1 aliphatic heterocycles. The third-order valence-electron chi connectivity index (χ3n) is 4.25. The normalized spacial score (nSPS) is 17.5. The second-order valence-electron chi connectivity index (χ2n) is 6.22. The van der Waals surface area contributed by atoms with Gasteiger partial charge in [0.25, 0.3) is 0 Å². The van der Waals surface area contributed by atoms with Crippen LogP contribution in [0, 0.1) is 0 Å². The van der Waals surface area contributed by atoms with Crippen molar-refractivity contribution in [3.8, 4) is 0 Å². The highest BCUT2D eigenvalue weighted by Gasteiger charge is 2.35. The number of anilines is 1. The molecular weight excluding hydrogens is 397 g/mol. The minimum Gasteiger partial charge on any atom is -0.369 e. The van der Waals surface area contributed by atoms with Crippen molar-refractivity contribution in [2.45, 2.75) is 18.8 Å². The first-order valence-corrected chi connectivity index (χ1v) is 8.72. The fraction of sp³-hybridized carbons (Fsp3) is 0.263. The highest BCUT2D eigenvalue weighted by atomic mass is 35.5. The minimum absolute atomic E-state index is 0.0426. The lowest BCUT2D eigenvalue weighted by atomic mass is 10.1. The van der Waals surface area contributed by atoms with Crippen LogP contribution in [-0.2, 0) is 27.0 Å². The molecule has 148 valence electrons. The fourth-order valence-electron chi connectivity index (χ4n) is 2.81. The van der Waals surface area contributed by atoms with Crippen LogP contribution in [0.15, 0.2) is 48.5 Å². The lowest BCUT2D eigenvalue weighted by Gasteiger charge is -2.34. The third-order valence-corrected chi connectivity index (χ3v) is 4.58. The lowest BCUT2D eigenvalue weighted by Crippen LogP contribution is -2.54. The van der Waals surface area contributed by atoms with E-state index < -0.39 is 23.7 Å². The van der Waals surface area contributed by atoms with Crippen molar-refractivity contribution in [1.29, 1.82) is 0 Å². The summed E-state index contributed by atoms with van der Waals surface area (Å²) in [5.74, 6) is -1.06. The number of rotatable bonds is 4. The summed E-state index contributed by atoms with van der Waals surface area (Å²) >= 11 is 5.93. The number of carbonyl (C=O) groups excluding carboxylic acids is 2. The molecule has 1 aliphatic rings. The van der Waals surface area contributed by atoms with Gasteiger partial charge in [0.15, 0.2) is 0 Å². The van der Waals surface area contributed by atoms with E-state index in [0.29, 0.717) is 0 Å². The van der Waals surface area contributed by atoms with Crippen molar-refractivity contribution < 1.29 is 27.5 Å². The predicted molar refractivity (Wildman–Crippen MR) is 96.7 cm³/mol. The summed E-state index contributed by atoms with van der Waals surface area (Å²) in [6, 6.07) is 10.7. The number of benzene rings is 2. The summed E-state index contributed by atoms with van der Waals surface area (Å²) in [4.78, 5) is 26.3. The average molecular weight is 413 g/mol. The predicted octanol–water partition coefficient (Wildman–Crippen LogP) is 3.72. The Kier molecular flexibility index (Phi) is 5.90. The molecule has 2 amide bonds. The number of nitrogens with zero attached hydrogens (tertiary/aromatic N) is 1. The van der Waals surface area contributed by atoms with E-state index in [9.17, 15) is 22.8 Å². The van der Waals surface area contributed by atoms with Gasteiger partial charge in [0.2, 0.25) is 11.8 Å². The monoisotopic (exact) mass is 412 g/mol. The van der Waals surface area contributed by atoms with Crippen LogP contribution in [0.25, 0.3) is 0 Å². The van der Waals surface area contributed by atoms with Crippen molar-refractivity contribution in [2.24, 2.45) is 0 Å². The van der Waals surface area contributed by atoms with Gasteiger partial charge in [-0.1, -0.05) is 41.9 Å². The molecule has 1 N–H and O–H groups in total. The summed E-state index contributed by atoms with van der Waals surface area (Å²) in [5, 5.41) is 2.34. The number of nitrogens with one attached hydrogen (secondary N) is 1. The van der Waals surface area contributed by atoms with Gasteiger partial charge in [-0.2, -0.15) is 13.2 Å². The number of alkyl halides is 3. The molecule has 0 saturated carbocycles. The maximum absolute atomic E-state index is 12.9. The molecule has 3 rings (SSSR count). The van der Waals surface area contributed by atoms with Gasteiger partial charge in [0, 0.05) is 6.54 Å². The number of halogens is 4. The van der Waals surface area contributed by atoms with Crippen LogP contribution in [0.3, 0.4) is 0 Å². The van der Waals surface area contributed by atoms with E-state index >= 15 is 0 Å². The summed E-state index contributed by atoms with van der Waals surface area (Å²) in [7, 11) is 0. The van der Waals surface area contributed by atoms with E-state index in [0.717, 1.165) is 23.8 Å². The van der Waals surface area contributed by atoms with Gasteiger partial charge in [-0.25, -0.2) is 0 Å². The van der Waals surface area contributed by atoms with Gasteiger partial charge >= 0.3 is 6.18 Å². The van der Waals surface area contributed by atoms with E-state index in [-0.39, 0.29) is 36.4 Å². The van der Waals surface area contributed by atoms with E-state index in [1.807, 2.05) is 6.07 Å². The number of hydrogen-bond donors (Lipinski definition) is 1. The minimum atomic E-state index is -4.58. The van der Waals surface area contributed by atoms with Gasteiger partial charge in [-0.05, 0) is 23.8 Å². The Hall–Kier alpha value is -2.58. The van der Waals surface area contributed by atoms with Crippen molar-refractivity contribution in [2.75, 3.05) is 18.5 Å². The molecular formula is C19H16ClF3N2O3. The molecule has 2 aromatic rings. The lowest BCUT2D eigenvalue weighted by molar-refractivity contribution is -0.154. The van der Waals surface area contributed by atoms with Crippen LogP contribution in [0.1, 0.15) is 11.1 Å². The second-order valence-corrected chi connectivity index (χ2v) is 6.63. The molecule has 0 spiro atoms. The van der Waals surface area contributed by atoms with Gasteiger partial charge in [0.1, 0.15) is 12.6 Å². The second kappa shape index (κ2) is 8.20. The highest BCUT2D eigenvalue weighted by molar-refractivity contribution is 6.33. The molecule has 0 bridgehead atoms. The van der Waals surface area contributed by atoms with Crippen LogP contribution in [0.5, 0.6) is 0 Å². The summed E-state index contributed by atoms with van der Waals surface area (Å²) in [6.45, 7) is -0.0562. The molecule has 5 nitrogen and oxygen atoms in total. The number of morpholine rings is 1. The zero-order chi connectivity index (χ0) is 20.3. The SMILES string of the molecule is O=C(Nc1cc(C(F)(F)F)ccc1Cl)C1COCC(=O)N1Cc1ccccc1. The van der Waals surface area contributed by atoms with Gasteiger partial charge < -0.3 is 15.0 Å². The van der Waals surface area contributed by atoms with Gasteiger partial charge in [-0.15, -0.1) is 0 Å². The van der Waals surface area contributed by atoms with Crippen molar-refractivity contribution in [3.63, 3.8) is 0 Å². The Bertz CT molecular complexity index is 874. The van der Waals surface area contributed by atoms with Crippen LogP contribution < -0.4 is 5.32 Å². The zero-order valence-corrected chi connectivity index (χ0v) is 15.3. The van der Waals surface area contributed by atoms with Crippen LogP contribution in [0.4, 0.5) is 18.9 Å². The number of carbonyl (C=O) groups is 2. The van der Waals surface area contributed by atoms with Crippen molar-refractivity contribution >= 4 is 29.1 Å². The zero-order valence-electron chi connectivity index (χ0n) is 14.5. The Morgan fingerprint density at radius 3 is 2.61 bits per heavy atom. The average Bonchev–Trinajstić information content (AvgIpc) is 2.65. The fourth-order valence-corrected chi connectivity index (χ4v) is 2.98. The topological polar surface area (TPSA) is 58.6 Å². The van der Waals surface area contributed by atoms with Crippen molar-refractivity contribution in [3.05, 3.63) is 64.7 Å². The Labute approximate surface area is 164 Å². The number of amides is 2. The smallest absolute Gasteiger partial charge is 0.369 e. The van der Waals surface area contributed by atoms with E-state index in [2.05, 4.69) is 5.32 Å². The standard InChI is InChI=1S/C19H16ClF3N2O3/c20-14-7-6-13(19(21,22)23)8-15(14)24-18(27)16-10-28-11-17(26)25(16)9-12-4-2-1-3-5-12/h1-8,16H,9-11H2,(H,24,27). The van der Waals surface area contributed by atoms with Crippen LogP contribution in [0.2, 0.25) is 5.02 Å². The van der Waals surface area contributed by atoms with Crippen molar-refractivity contribution in [1.82, 2.24) is 4.90 Å². The molecule has 9 heteroatoms. The summed E-state index contributed by atoms with van der Waals surface area (Å²) in [6.07, 6.45) is -4.58. The van der Waals surface area contributed by atoms with E-state index in [1.165, 1.54) is 4.90 Å². The molecule has 28 heavy (non-hydrogen) atoms. The Morgan fingerprint density at radius 1 is 1.21 bits per heavy atom. The maximum atomic E-state index is 12.9. The van der Waals surface area contributed by atoms with E-state index in [1.54, 1.807) is 24.3 Å². The maximum Gasteiger partial charge on any atom is 0.416 e. The molecule has 1 atom stereocenters. The molecule has 1 saturated heterocycles. The quantitative estimate of drug-likeness (QED) is 0.832.